The number of rotatable bonds is 4. The van der Waals surface area contributed by atoms with Crippen LogP contribution in [0.5, 0.6) is 0 Å². The summed E-state index contributed by atoms with van der Waals surface area (Å²) in [5.41, 5.74) is -0.0217. The number of nitrogens with one attached hydrogen (secondary N) is 1. The zero-order valence-corrected chi connectivity index (χ0v) is 12.1. The Morgan fingerprint density at radius 1 is 1.40 bits per heavy atom. The summed E-state index contributed by atoms with van der Waals surface area (Å²) < 4.78 is 37.8. The Labute approximate surface area is 121 Å². The normalized spacial score (nSPS) is 19.6. The lowest BCUT2D eigenvalue weighted by atomic mass is 10.2. The van der Waals surface area contributed by atoms with Gasteiger partial charge < -0.3 is 10.2 Å². The van der Waals surface area contributed by atoms with Crippen LogP contribution >= 0.6 is 11.6 Å². The van der Waals surface area contributed by atoms with Crippen molar-refractivity contribution in [1.82, 2.24) is 5.32 Å². The molecule has 1 fully saturated rings. The third-order valence-electron chi connectivity index (χ3n) is 3.49. The van der Waals surface area contributed by atoms with E-state index in [9.17, 15) is 13.2 Å². The number of alkyl halides is 3. The van der Waals surface area contributed by atoms with Gasteiger partial charge in [0.25, 0.3) is 0 Å². The van der Waals surface area contributed by atoms with Gasteiger partial charge in [-0.1, -0.05) is 18.5 Å². The van der Waals surface area contributed by atoms with E-state index in [-0.39, 0.29) is 5.02 Å². The SMILES string of the molecule is CCCNC1CCN(c2ccc(C(F)(F)F)cc2Cl)C1. The van der Waals surface area contributed by atoms with Crippen LogP contribution in [0.25, 0.3) is 0 Å². The number of anilines is 1. The molecule has 0 amide bonds. The number of hydrogen-bond acceptors (Lipinski definition) is 2. The summed E-state index contributed by atoms with van der Waals surface area (Å²) in [6, 6.07) is 3.94. The number of nitrogens with zero attached hydrogens (tertiary/aromatic N) is 1. The molecule has 1 aliphatic rings. The fraction of sp³-hybridized carbons (Fsp3) is 0.571. The van der Waals surface area contributed by atoms with Gasteiger partial charge in [-0.05, 0) is 37.6 Å². The average molecular weight is 307 g/mol. The predicted molar refractivity (Wildman–Crippen MR) is 75.4 cm³/mol. The molecule has 6 heteroatoms. The highest BCUT2D eigenvalue weighted by atomic mass is 35.5. The molecule has 2 rings (SSSR count). The van der Waals surface area contributed by atoms with Gasteiger partial charge in [0.1, 0.15) is 0 Å². The van der Waals surface area contributed by atoms with Crippen molar-refractivity contribution in [2.24, 2.45) is 0 Å². The summed E-state index contributed by atoms with van der Waals surface area (Å²) in [6.07, 6.45) is -2.30. The molecule has 1 atom stereocenters. The lowest BCUT2D eigenvalue weighted by Crippen LogP contribution is -2.33. The van der Waals surface area contributed by atoms with Gasteiger partial charge in [-0.2, -0.15) is 13.2 Å². The first-order valence-corrected chi connectivity index (χ1v) is 7.14. The average Bonchev–Trinajstić information content (AvgIpc) is 2.83. The molecule has 1 aromatic rings. The molecule has 112 valence electrons. The van der Waals surface area contributed by atoms with Crippen molar-refractivity contribution >= 4 is 17.3 Å². The second-order valence-electron chi connectivity index (χ2n) is 5.05. The van der Waals surface area contributed by atoms with Gasteiger partial charge in [-0.3, -0.25) is 0 Å². The third kappa shape index (κ3) is 3.58. The van der Waals surface area contributed by atoms with Gasteiger partial charge in [0.2, 0.25) is 0 Å². The Morgan fingerprint density at radius 3 is 2.75 bits per heavy atom. The van der Waals surface area contributed by atoms with E-state index in [0.717, 1.165) is 44.6 Å². The minimum Gasteiger partial charge on any atom is -0.369 e. The standard InChI is InChI=1S/C14H18ClF3N2/c1-2-6-19-11-5-7-20(9-11)13-4-3-10(8-12(13)15)14(16,17)18/h3-4,8,11,19H,2,5-7,9H2,1H3. The van der Waals surface area contributed by atoms with E-state index in [4.69, 9.17) is 11.6 Å². The third-order valence-corrected chi connectivity index (χ3v) is 3.79. The predicted octanol–water partition coefficient (Wildman–Crippen LogP) is 3.94. The lowest BCUT2D eigenvalue weighted by Gasteiger charge is -2.21. The molecule has 1 N–H and O–H groups in total. The molecule has 0 saturated carbocycles. The Kier molecular flexibility index (Phi) is 4.81. The van der Waals surface area contributed by atoms with Crippen molar-refractivity contribution in [3.8, 4) is 0 Å². The molecule has 1 aliphatic heterocycles. The first-order chi connectivity index (χ1) is 9.41. The van der Waals surface area contributed by atoms with Gasteiger partial charge in [0, 0.05) is 19.1 Å². The lowest BCUT2D eigenvalue weighted by molar-refractivity contribution is -0.137. The Balaban J connectivity index is 2.07. The molecule has 1 unspecified atom stereocenters. The minimum atomic E-state index is -4.35. The zero-order valence-electron chi connectivity index (χ0n) is 11.3. The van der Waals surface area contributed by atoms with Crippen LogP contribution in [0.4, 0.5) is 18.9 Å². The van der Waals surface area contributed by atoms with Crippen LogP contribution in [0, 0.1) is 0 Å². The molecule has 2 nitrogen and oxygen atoms in total. The van der Waals surface area contributed by atoms with E-state index in [1.807, 2.05) is 4.90 Å². The Morgan fingerprint density at radius 2 is 2.15 bits per heavy atom. The largest absolute Gasteiger partial charge is 0.416 e. The van der Waals surface area contributed by atoms with E-state index in [1.165, 1.54) is 6.07 Å². The molecule has 0 spiro atoms. The maximum atomic E-state index is 12.6. The maximum Gasteiger partial charge on any atom is 0.416 e. The van der Waals surface area contributed by atoms with Crippen LogP contribution in [0.1, 0.15) is 25.3 Å². The summed E-state index contributed by atoms with van der Waals surface area (Å²) in [5, 5.41) is 3.58. The second-order valence-corrected chi connectivity index (χ2v) is 5.46. The van der Waals surface area contributed by atoms with E-state index in [1.54, 1.807) is 0 Å². The molecule has 1 aromatic carbocycles. The molecule has 0 bridgehead atoms. The van der Waals surface area contributed by atoms with Crippen LogP contribution in [0.2, 0.25) is 5.02 Å². The van der Waals surface area contributed by atoms with Gasteiger partial charge >= 0.3 is 6.18 Å². The van der Waals surface area contributed by atoms with Crippen LogP contribution in [-0.2, 0) is 6.18 Å². The summed E-state index contributed by atoms with van der Waals surface area (Å²) in [7, 11) is 0. The van der Waals surface area contributed by atoms with Crippen molar-refractivity contribution in [3.05, 3.63) is 28.8 Å². The summed E-state index contributed by atoms with van der Waals surface area (Å²) in [5.74, 6) is 0. The van der Waals surface area contributed by atoms with Crippen LogP contribution in [-0.4, -0.2) is 25.7 Å². The summed E-state index contributed by atoms with van der Waals surface area (Å²) in [4.78, 5) is 2.04. The van der Waals surface area contributed by atoms with Crippen molar-refractivity contribution in [1.29, 1.82) is 0 Å². The van der Waals surface area contributed by atoms with Crippen LogP contribution < -0.4 is 10.2 Å². The maximum absolute atomic E-state index is 12.6. The molecule has 20 heavy (non-hydrogen) atoms. The van der Waals surface area contributed by atoms with Crippen LogP contribution in [0.3, 0.4) is 0 Å². The Bertz CT molecular complexity index is 462. The monoisotopic (exact) mass is 306 g/mol. The fourth-order valence-electron chi connectivity index (χ4n) is 2.43. The summed E-state index contributed by atoms with van der Waals surface area (Å²) >= 11 is 6.01. The van der Waals surface area contributed by atoms with E-state index in [0.29, 0.717) is 11.7 Å². The van der Waals surface area contributed by atoms with E-state index < -0.39 is 11.7 Å². The molecular weight excluding hydrogens is 289 g/mol. The van der Waals surface area contributed by atoms with Crippen molar-refractivity contribution in [2.45, 2.75) is 32.0 Å². The number of benzene rings is 1. The van der Waals surface area contributed by atoms with Gasteiger partial charge in [-0.15, -0.1) is 0 Å². The first-order valence-electron chi connectivity index (χ1n) is 6.77. The van der Waals surface area contributed by atoms with Gasteiger partial charge in [0.15, 0.2) is 0 Å². The highest BCUT2D eigenvalue weighted by Gasteiger charge is 2.32. The topological polar surface area (TPSA) is 15.3 Å². The Hall–Kier alpha value is -0.940. The van der Waals surface area contributed by atoms with Crippen LogP contribution in [0.15, 0.2) is 18.2 Å². The zero-order chi connectivity index (χ0) is 14.8. The van der Waals surface area contributed by atoms with Gasteiger partial charge in [0.05, 0.1) is 16.3 Å². The minimum absolute atomic E-state index is 0.163. The number of halogens is 4. The fourth-order valence-corrected chi connectivity index (χ4v) is 2.73. The molecule has 0 aromatic heterocycles. The quantitative estimate of drug-likeness (QED) is 0.906. The van der Waals surface area contributed by atoms with Crippen molar-refractivity contribution < 1.29 is 13.2 Å². The molecule has 1 heterocycles. The van der Waals surface area contributed by atoms with Crippen molar-refractivity contribution in [2.75, 3.05) is 24.5 Å². The summed E-state index contributed by atoms with van der Waals surface area (Å²) in [6.45, 7) is 4.66. The molecule has 1 saturated heterocycles. The highest BCUT2D eigenvalue weighted by molar-refractivity contribution is 6.33. The molecular formula is C14H18ClF3N2. The highest BCUT2D eigenvalue weighted by Crippen LogP contribution is 2.36. The number of hydrogen-bond donors (Lipinski definition) is 1. The molecule has 0 radical (unpaired) electrons. The van der Waals surface area contributed by atoms with Crippen molar-refractivity contribution in [3.63, 3.8) is 0 Å². The van der Waals surface area contributed by atoms with E-state index in [2.05, 4.69) is 12.2 Å². The van der Waals surface area contributed by atoms with Gasteiger partial charge in [-0.25, -0.2) is 0 Å². The molecule has 0 aliphatic carbocycles. The smallest absolute Gasteiger partial charge is 0.369 e. The second kappa shape index (κ2) is 6.22. The first kappa shape index (κ1) is 15.4. The van der Waals surface area contributed by atoms with E-state index >= 15 is 0 Å².